The molecule has 1 aliphatic heterocycles. The molecule has 2 N–H and O–H groups in total. The predicted octanol–water partition coefficient (Wildman–Crippen LogP) is 6.13. The van der Waals surface area contributed by atoms with Gasteiger partial charge in [-0.2, -0.15) is 5.26 Å². The molecule has 1 aromatic carbocycles. The van der Waals surface area contributed by atoms with Crippen molar-refractivity contribution < 1.29 is 23.5 Å². The van der Waals surface area contributed by atoms with Crippen molar-refractivity contribution >= 4 is 40.1 Å². The van der Waals surface area contributed by atoms with Crippen molar-refractivity contribution in [2.45, 2.75) is 78.5 Å². The van der Waals surface area contributed by atoms with Gasteiger partial charge in [0.1, 0.15) is 5.41 Å². The number of halogens is 2. The number of nitriles is 1. The Hall–Kier alpha value is -3.36. The van der Waals surface area contributed by atoms with E-state index in [1.54, 1.807) is 30.0 Å². The number of amides is 2. The van der Waals surface area contributed by atoms with Gasteiger partial charge < -0.3 is 14.6 Å². The molecule has 3 aromatic rings. The maximum Gasteiger partial charge on any atom is 0.272 e. The third-order valence-corrected chi connectivity index (χ3v) is 8.59. The van der Waals surface area contributed by atoms with E-state index in [1.165, 1.54) is 12.1 Å². The lowest BCUT2D eigenvalue weighted by Crippen LogP contribution is -2.45. The van der Waals surface area contributed by atoms with Gasteiger partial charge in [-0.25, -0.2) is 13.8 Å². The molecule has 40 heavy (non-hydrogen) atoms. The summed E-state index contributed by atoms with van der Waals surface area (Å²) in [6, 6.07) is 9.93. The predicted molar refractivity (Wildman–Crippen MR) is 150 cm³/mol. The van der Waals surface area contributed by atoms with E-state index in [4.69, 9.17) is 0 Å². The summed E-state index contributed by atoms with van der Waals surface area (Å²) < 4.78 is 28.0. The van der Waals surface area contributed by atoms with E-state index in [-0.39, 0.29) is 34.3 Å². The van der Waals surface area contributed by atoms with E-state index < -0.39 is 17.7 Å². The van der Waals surface area contributed by atoms with Gasteiger partial charge in [-0.05, 0) is 61.9 Å². The molecular weight excluding hydrogens is 536 g/mol. The topological polar surface area (TPSA) is 111 Å². The van der Waals surface area contributed by atoms with Crippen molar-refractivity contribution in [1.29, 1.82) is 5.26 Å². The molecule has 2 aromatic heterocycles. The normalized spacial score (nSPS) is 17.0. The molecule has 1 saturated heterocycles. The number of thiophene rings is 1. The second-order valence-corrected chi connectivity index (χ2v) is 12.1. The van der Waals surface area contributed by atoms with Gasteiger partial charge in [-0.15, -0.1) is 11.3 Å². The average molecular weight is 572 g/mol. The van der Waals surface area contributed by atoms with E-state index in [0.717, 1.165) is 37.0 Å². The Labute approximate surface area is 236 Å². The monoisotopic (exact) mass is 571 g/mol. The molecule has 4 rings (SSSR count). The second-order valence-electron chi connectivity index (χ2n) is 11.0. The van der Waals surface area contributed by atoms with E-state index in [1.807, 2.05) is 4.57 Å². The fraction of sp³-hybridized carbons (Fsp3) is 0.517. The zero-order valence-electron chi connectivity index (χ0n) is 23.0. The number of nitrogens with one attached hydrogen (secondary N) is 1. The molecule has 3 heterocycles. The largest absolute Gasteiger partial charge is 0.392 e. The minimum Gasteiger partial charge on any atom is -0.392 e. The lowest BCUT2D eigenvalue weighted by Gasteiger charge is -2.32. The van der Waals surface area contributed by atoms with Crippen molar-refractivity contribution in [1.82, 2.24) is 14.5 Å². The summed E-state index contributed by atoms with van der Waals surface area (Å²) in [5, 5.41) is 22.3. The van der Waals surface area contributed by atoms with Crippen LogP contribution < -0.4 is 5.32 Å². The maximum absolute atomic E-state index is 13.7. The quantitative estimate of drug-likeness (QED) is 0.288. The van der Waals surface area contributed by atoms with Crippen LogP contribution in [0.15, 0.2) is 30.3 Å². The number of aliphatic hydroxyl groups excluding tert-OH is 1. The van der Waals surface area contributed by atoms with Crippen LogP contribution in [0.3, 0.4) is 0 Å². The molecule has 2 atom stereocenters. The molecule has 0 aliphatic carbocycles. The molecule has 11 heteroatoms. The van der Waals surface area contributed by atoms with Gasteiger partial charge in [0.25, 0.3) is 12.3 Å². The summed E-state index contributed by atoms with van der Waals surface area (Å²) in [5.41, 5.74) is 0.779. The number of aromatic nitrogens is 2. The Kier molecular flexibility index (Phi) is 9.21. The number of fused-ring (bicyclic) bond motifs is 1. The van der Waals surface area contributed by atoms with Crippen LogP contribution in [0.5, 0.6) is 0 Å². The summed E-state index contributed by atoms with van der Waals surface area (Å²) in [5.74, 6) is -0.0288. The van der Waals surface area contributed by atoms with E-state index in [2.05, 4.69) is 30.2 Å². The summed E-state index contributed by atoms with van der Waals surface area (Å²) in [6.07, 6.45) is 1.07. The zero-order chi connectivity index (χ0) is 29.0. The lowest BCUT2D eigenvalue weighted by atomic mass is 9.83. The first-order valence-corrected chi connectivity index (χ1v) is 14.4. The summed E-state index contributed by atoms with van der Waals surface area (Å²) in [4.78, 5) is 33.0. The fourth-order valence-electron chi connectivity index (χ4n) is 5.20. The van der Waals surface area contributed by atoms with Gasteiger partial charge >= 0.3 is 0 Å². The first kappa shape index (κ1) is 29.6. The molecule has 8 nitrogen and oxygen atoms in total. The molecular formula is C29H35F2N5O3S. The molecule has 1 fully saturated rings. The van der Waals surface area contributed by atoms with Crippen LogP contribution in [0.25, 0.3) is 11.0 Å². The highest BCUT2D eigenvalue weighted by Gasteiger charge is 2.41. The molecule has 1 unspecified atom stereocenters. The van der Waals surface area contributed by atoms with Crippen molar-refractivity contribution in [3.05, 3.63) is 45.6 Å². The van der Waals surface area contributed by atoms with Crippen LogP contribution in [0, 0.1) is 22.7 Å². The Morgan fingerprint density at radius 3 is 2.73 bits per heavy atom. The van der Waals surface area contributed by atoms with Gasteiger partial charge in [-0.3, -0.25) is 14.9 Å². The van der Waals surface area contributed by atoms with Crippen LogP contribution >= 0.6 is 11.3 Å². The second kappa shape index (κ2) is 12.4. The smallest absolute Gasteiger partial charge is 0.272 e. The van der Waals surface area contributed by atoms with Crippen LogP contribution in [0.1, 0.15) is 79.4 Å². The number of aliphatic hydroxyl groups is 1. The van der Waals surface area contributed by atoms with Crippen molar-refractivity contribution in [2.24, 2.45) is 11.3 Å². The first-order chi connectivity index (χ1) is 19.1. The number of carbonyl (C=O) groups is 2. The van der Waals surface area contributed by atoms with Crippen LogP contribution in [-0.2, 0) is 17.9 Å². The Bertz CT molecular complexity index is 1410. The summed E-state index contributed by atoms with van der Waals surface area (Å²) in [6.45, 7) is 6.65. The molecule has 0 spiro atoms. The average Bonchev–Trinajstić information content (AvgIpc) is 3.67. The number of benzene rings is 1. The number of hydrogen-bond donors (Lipinski definition) is 2. The Morgan fingerprint density at radius 2 is 2.08 bits per heavy atom. The van der Waals surface area contributed by atoms with Gasteiger partial charge in [0.15, 0.2) is 0 Å². The third-order valence-electron chi connectivity index (χ3n) is 7.49. The third kappa shape index (κ3) is 6.34. The number of hydrogen-bond acceptors (Lipinski definition) is 6. The van der Waals surface area contributed by atoms with Crippen LogP contribution in [-0.4, -0.2) is 44.0 Å². The minimum atomic E-state index is -2.66. The highest BCUT2D eigenvalue weighted by atomic mass is 32.1. The van der Waals surface area contributed by atoms with Crippen molar-refractivity contribution in [3.8, 4) is 6.07 Å². The number of rotatable bonds is 11. The van der Waals surface area contributed by atoms with E-state index in [9.17, 15) is 28.7 Å². The number of alkyl halides is 2. The van der Waals surface area contributed by atoms with Crippen LogP contribution in [0.2, 0.25) is 0 Å². The summed E-state index contributed by atoms with van der Waals surface area (Å²) >= 11 is 0.722. The lowest BCUT2D eigenvalue weighted by molar-refractivity contribution is -0.139. The molecule has 2 amide bonds. The Balaban J connectivity index is 1.62. The number of carbonyl (C=O) groups excluding carboxylic acids is 2. The Morgan fingerprint density at radius 1 is 1.30 bits per heavy atom. The molecule has 1 aliphatic rings. The van der Waals surface area contributed by atoms with Gasteiger partial charge in [0, 0.05) is 19.1 Å². The molecule has 0 bridgehead atoms. The van der Waals surface area contributed by atoms with E-state index >= 15 is 0 Å². The fourth-order valence-corrected chi connectivity index (χ4v) is 5.96. The first-order valence-electron chi connectivity index (χ1n) is 13.6. The van der Waals surface area contributed by atoms with Gasteiger partial charge in [0.05, 0.1) is 33.5 Å². The number of anilines is 1. The van der Waals surface area contributed by atoms with Gasteiger partial charge in [-0.1, -0.05) is 32.8 Å². The van der Waals surface area contributed by atoms with Gasteiger partial charge in [0.2, 0.25) is 11.9 Å². The standard InChI is InChI=1S/C29H35F2N5O3S/c1-18(2)6-4-12-29(3,17-32)27(39)35-13-5-7-20(35)15-36-22-9-8-19(16-37)14-21(22)33-28(36)34-26(38)24-11-10-23(40-24)25(30)31/h8-11,14,18,20,25,37H,4-7,12-13,15-16H2,1-3H3,(H,33,34,38)/t20-,29?/m1/s1. The molecule has 214 valence electrons. The maximum atomic E-state index is 13.7. The zero-order valence-corrected chi connectivity index (χ0v) is 23.8. The summed E-state index contributed by atoms with van der Waals surface area (Å²) in [7, 11) is 0. The van der Waals surface area contributed by atoms with E-state index in [0.29, 0.717) is 42.0 Å². The minimum absolute atomic E-state index is 0.133. The number of nitrogens with zero attached hydrogens (tertiary/aromatic N) is 4. The number of imidazole rings is 1. The van der Waals surface area contributed by atoms with Crippen molar-refractivity contribution in [3.63, 3.8) is 0 Å². The molecule has 0 radical (unpaired) electrons. The molecule has 0 saturated carbocycles. The number of likely N-dealkylation sites (tertiary alicyclic amines) is 1. The SMILES string of the molecule is CC(C)CCCC(C)(C#N)C(=O)N1CCC[C@@H]1Cn1c(NC(=O)c2ccc(C(F)F)s2)nc2cc(CO)ccc21. The highest BCUT2D eigenvalue weighted by Crippen LogP contribution is 2.33. The van der Waals surface area contributed by atoms with Crippen molar-refractivity contribution in [2.75, 3.05) is 11.9 Å². The van der Waals surface area contributed by atoms with Crippen LogP contribution in [0.4, 0.5) is 14.7 Å². The highest BCUT2D eigenvalue weighted by molar-refractivity contribution is 7.14.